The van der Waals surface area contributed by atoms with E-state index in [4.69, 9.17) is 16.3 Å². The fourth-order valence-electron chi connectivity index (χ4n) is 1.28. The van der Waals surface area contributed by atoms with Gasteiger partial charge in [-0.05, 0) is 34.1 Å². The van der Waals surface area contributed by atoms with Crippen LogP contribution in [0.3, 0.4) is 0 Å². The van der Waals surface area contributed by atoms with Gasteiger partial charge >= 0.3 is 0 Å². The predicted molar refractivity (Wildman–Crippen MR) is 74.1 cm³/mol. The number of benzene rings is 1. The molecule has 88 valence electrons. The number of para-hydroxylation sites is 1. The van der Waals surface area contributed by atoms with E-state index in [1.165, 1.54) is 11.8 Å². The van der Waals surface area contributed by atoms with Crippen LogP contribution < -0.4 is 4.74 Å². The van der Waals surface area contributed by atoms with Crippen LogP contribution in [0.1, 0.15) is 0 Å². The largest absolute Gasteiger partial charge is 0.496 e. The molecular formula is C12H9BrClNOS. The Balaban J connectivity index is 2.31. The monoisotopic (exact) mass is 329 g/mol. The van der Waals surface area contributed by atoms with Gasteiger partial charge in [-0.15, -0.1) is 0 Å². The standard InChI is InChI=1S/C12H9BrClNOS/c1-16-10-4-2-3-5-11(10)17-12-9(13)6-8(14)7-15-12/h2-7H,1H3. The Morgan fingerprint density at radius 1 is 1.35 bits per heavy atom. The van der Waals surface area contributed by atoms with Gasteiger partial charge < -0.3 is 4.74 Å². The summed E-state index contributed by atoms with van der Waals surface area (Å²) in [5.41, 5.74) is 0. The lowest BCUT2D eigenvalue weighted by atomic mass is 10.3. The molecule has 0 N–H and O–H groups in total. The lowest BCUT2D eigenvalue weighted by molar-refractivity contribution is 0.405. The van der Waals surface area contributed by atoms with E-state index in [1.807, 2.05) is 30.3 Å². The molecule has 0 saturated heterocycles. The Morgan fingerprint density at radius 2 is 2.12 bits per heavy atom. The van der Waals surface area contributed by atoms with Crippen molar-refractivity contribution in [3.05, 3.63) is 46.0 Å². The molecule has 0 bridgehead atoms. The van der Waals surface area contributed by atoms with Crippen LogP contribution in [0.4, 0.5) is 0 Å². The van der Waals surface area contributed by atoms with Gasteiger partial charge in [-0.3, -0.25) is 0 Å². The second kappa shape index (κ2) is 5.76. The normalized spacial score (nSPS) is 10.3. The van der Waals surface area contributed by atoms with Crippen molar-refractivity contribution in [3.63, 3.8) is 0 Å². The van der Waals surface area contributed by atoms with Gasteiger partial charge in [-0.1, -0.05) is 35.5 Å². The molecule has 1 aromatic carbocycles. The Morgan fingerprint density at radius 3 is 2.82 bits per heavy atom. The average Bonchev–Trinajstić information content (AvgIpc) is 2.33. The molecule has 1 heterocycles. The first kappa shape index (κ1) is 12.7. The second-order valence-corrected chi connectivity index (χ2v) is 5.51. The van der Waals surface area contributed by atoms with Crippen LogP contribution >= 0.6 is 39.3 Å². The fourth-order valence-corrected chi connectivity index (χ4v) is 3.03. The van der Waals surface area contributed by atoms with E-state index in [1.54, 1.807) is 13.3 Å². The summed E-state index contributed by atoms with van der Waals surface area (Å²) < 4.78 is 6.17. The molecule has 1 aromatic heterocycles. The van der Waals surface area contributed by atoms with Crippen molar-refractivity contribution in [1.29, 1.82) is 0 Å². The molecule has 0 saturated carbocycles. The fraction of sp³-hybridized carbons (Fsp3) is 0.0833. The van der Waals surface area contributed by atoms with E-state index in [0.29, 0.717) is 5.02 Å². The van der Waals surface area contributed by atoms with Gasteiger partial charge in [0.2, 0.25) is 0 Å². The van der Waals surface area contributed by atoms with Crippen LogP contribution in [0.25, 0.3) is 0 Å². The SMILES string of the molecule is COc1ccccc1Sc1ncc(Cl)cc1Br. The first-order valence-corrected chi connectivity index (χ1v) is 6.81. The van der Waals surface area contributed by atoms with Crippen molar-refractivity contribution in [1.82, 2.24) is 4.98 Å². The van der Waals surface area contributed by atoms with Crippen LogP contribution in [0.2, 0.25) is 5.02 Å². The quantitative estimate of drug-likeness (QED) is 0.817. The van der Waals surface area contributed by atoms with Crippen LogP contribution in [0.5, 0.6) is 5.75 Å². The number of halogens is 2. The number of aromatic nitrogens is 1. The summed E-state index contributed by atoms with van der Waals surface area (Å²) in [7, 11) is 1.66. The van der Waals surface area contributed by atoms with Crippen molar-refractivity contribution >= 4 is 39.3 Å². The van der Waals surface area contributed by atoms with E-state index in [0.717, 1.165) is 20.1 Å². The molecule has 0 atom stereocenters. The zero-order valence-corrected chi connectivity index (χ0v) is 12.1. The summed E-state index contributed by atoms with van der Waals surface area (Å²) >= 11 is 10.8. The van der Waals surface area contributed by atoms with Gasteiger partial charge in [0.15, 0.2) is 0 Å². The first-order chi connectivity index (χ1) is 8.20. The van der Waals surface area contributed by atoms with E-state index < -0.39 is 0 Å². The van der Waals surface area contributed by atoms with Gasteiger partial charge in [0.25, 0.3) is 0 Å². The topological polar surface area (TPSA) is 22.1 Å². The molecule has 0 radical (unpaired) electrons. The average molecular weight is 331 g/mol. The molecule has 5 heteroatoms. The maximum absolute atomic E-state index is 5.85. The van der Waals surface area contributed by atoms with Gasteiger partial charge in [0, 0.05) is 6.20 Å². The zero-order valence-electron chi connectivity index (χ0n) is 8.98. The third kappa shape index (κ3) is 3.15. The van der Waals surface area contributed by atoms with Crippen LogP contribution in [0, 0.1) is 0 Å². The number of rotatable bonds is 3. The smallest absolute Gasteiger partial charge is 0.132 e. The number of hydrogen-bond acceptors (Lipinski definition) is 3. The summed E-state index contributed by atoms with van der Waals surface area (Å²) in [6.45, 7) is 0. The molecular weight excluding hydrogens is 322 g/mol. The highest BCUT2D eigenvalue weighted by atomic mass is 79.9. The number of methoxy groups -OCH3 is 1. The maximum atomic E-state index is 5.85. The van der Waals surface area contributed by atoms with Crippen LogP contribution in [-0.2, 0) is 0 Å². The number of ether oxygens (including phenoxy) is 1. The van der Waals surface area contributed by atoms with Gasteiger partial charge in [0.05, 0.1) is 21.5 Å². The highest BCUT2D eigenvalue weighted by molar-refractivity contribution is 9.10. The number of nitrogens with zero attached hydrogens (tertiary/aromatic N) is 1. The van der Waals surface area contributed by atoms with Crippen molar-refractivity contribution in [2.24, 2.45) is 0 Å². The van der Waals surface area contributed by atoms with E-state index >= 15 is 0 Å². The van der Waals surface area contributed by atoms with Crippen molar-refractivity contribution in [2.45, 2.75) is 9.92 Å². The molecule has 2 aromatic rings. The molecule has 0 spiro atoms. The van der Waals surface area contributed by atoms with Crippen molar-refractivity contribution < 1.29 is 4.74 Å². The first-order valence-electron chi connectivity index (χ1n) is 4.82. The summed E-state index contributed by atoms with van der Waals surface area (Å²) in [6, 6.07) is 9.65. The minimum atomic E-state index is 0.612. The van der Waals surface area contributed by atoms with Gasteiger partial charge in [-0.25, -0.2) is 4.98 Å². The predicted octanol–water partition coefficient (Wildman–Crippen LogP) is 4.66. The zero-order chi connectivity index (χ0) is 12.3. The minimum Gasteiger partial charge on any atom is -0.496 e. The molecule has 0 unspecified atom stereocenters. The van der Waals surface area contributed by atoms with Crippen LogP contribution in [0.15, 0.2) is 50.9 Å². The van der Waals surface area contributed by atoms with Crippen molar-refractivity contribution in [3.8, 4) is 5.75 Å². The summed E-state index contributed by atoms with van der Waals surface area (Å²) in [6.07, 6.45) is 1.63. The summed E-state index contributed by atoms with van der Waals surface area (Å²) in [5.74, 6) is 0.834. The summed E-state index contributed by atoms with van der Waals surface area (Å²) in [4.78, 5) is 5.30. The van der Waals surface area contributed by atoms with E-state index in [2.05, 4.69) is 20.9 Å². The maximum Gasteiger partial charge on any atom is 0.132 e. The molecule has 0 amide bonds. The Kier molecular flexibility index (Phi) is 4.31. The molecule has 2 nitrogen and oxygen atoms in total. The minimum absolute atomic E-state index is 0.612. The highest BCUT2D eigenvalue weighted by Gasteiger charge is 2.08. The molecule has 0 aliphatic carbocycles. The van der Waals surface area contributed by atoms with Gasteiger partial charge in [-0.2, -0.15) is 0 Å². The van der Waals surface area contributed by atoms with Crippen LogP contribution in [-0.4, -0.2) is 12.1 Å². The second-order valence-electron chi connectivity index (χ2n) is 3.19. The molecule has 0 aliphatic rings. The summed E-state index contributed by atoms with van der Waals surface area (Å²) in [5, 5.41) is 1.47. The van der Waals surface area contributed by atoms with Gasteiger partial charge in [0.1, 0.15) is 10.8 Å². The van der Waals surface area contributed by atoms with E-state index in [9.17, 15) is 0 Å². The number of pyridine rings is 1. The molecule has 0 fully saturated rings. The Labute approximate surface area is 117 Å². The molecule has 17 heavy (non-hydrogen) atoms. The number of hydrogen-bond donors (Lipinski definition) is 0. The third-order valence-corrected chi connectivity index (χ3v) is 4.20. The Bertz CT molecular complexity index is 536. The lowest BCUT2D eigenvalue weighted by Gasteiger charge is -2.08. The Hall–Kier alpha value is -0.710. The highest BCUT2D eigenvalue weighted by Crippen LogP contribution is 2.37. The lowest BCUT2D eigenvalue weighted by Crippen LogP contribution is -1.87. The third-order valence-electron chi connectivity index (χ3n) is 2.05. The molecule has 2 rings (SSSR count). The van der Waals surface area contributed by atoms with E-state index in [-0.39, 0.29) is 0 Å². The molecule has 0 aliphatic heterocycles. The van der Waals surface area contributed by atoms with Crippen molar-refractivity contribution in [2.75, 3.05) is 7.11 Å².